The number of sulfonamides is 1. The molecular weight excluding hydrogens is 266 g/mol. The first-order chi connectivity index (χ1) is 8.95. The van der Waals surface area contributed by atoms with Gasteiger partial charge in [0.15, 0.2) is 0 Å². The Hall–Kier alpha value is -0.950. The van der Waals surface area contributed by atoms with Gasteiger partial charge in [-0.05, 0) is 31.5 Å². The van der Waals surface area contributed by atoms with E-state index in [1.807, 2.05) is 13.8 Å². The Labute approximate surface area is 113 Å². The molecule has 1 aliphatic rings. The van der Waals surface area contributed by atoms with Crippen LogP contribution in [0, 0.1) is 0 Å². The van der Waals surface area contributed by atoms with E-state index in [1.54, 1.807) is 18.2 Å². The molecule has 1 N–H and O–H groups in total. The third-order valence-electron chi connectivity index (χ3n) is 3.24. The highest BCUT2D eigenvalue weighted by Crippen LogP contribution is 2.23. The quantitative estimate of drug-likeness (QED) is 0.899. The molecule has 106 valence electrons. The smallest absolute Gasteiger partial charge is 0.243 e. The standard InChI is InChI=1S/C13H19NO4S/c1-10-9-18-11(2)7-14(10)19(16,17)13-5-3-4-12(6-13)8-15/h3-6,10-11,15H,7-9H2,1-2H3. The first-order valence-electron chi connectivity index (χ1n) is 6.28. The Bertz CT molecular complexity index is 543. The van der Waals surface area contributed by atoms with Crippen molar-refractivity contribution in [3.05, 3.63) is 29.8 Å². The minimum atomic E-state index is -3.53. The summed E-state index contributed by atoms with van der Waals surface area (Å²) in [6.45, 7) is 4.28. The SMILES string of the molecule is CC1CN(S(=O)(=O)c2cccc(CO)c2)C(C)CO1. The van der Waals surface area contributed by atoms with Gasteiger partial charge in [0.1, 0.15) is 0 Å². The molecule has 1 aromatic carbocycles. The van der Waals surface area contributed by atoms with Gasteiger partial charge in [-0.2, -0.15) is 4.31 Å². The summed E-state index contributed by atoms with van der Waals surface area (Å²) in [6, 6.07) is 6.24. The second kappa shape index (κ2) is 5.58. The summed E-state index contributed by atoms with van der Waals surface area (Å²) in [6.07, 6.45) is -0.105. The van der Waals surface area contributed by atoms with E-state index < -0.39 is 10.0 Å². The summed E-state index contributed by atoms with van der Waals surface area (Å²) < 4.78 is 32.1. The maximum atomic E-state index is 12.6. The zero-order valence-electron chi connectivity index (χ0n) is 11.1. The first-order valence-corrected chi connectivity index (χ1v) is 7.72. The number of hydrogen-bond acceptors (Lipinski definition) is 4. The molecule has 0 aromatic heterocycles. The lowest BCUT2D eigenvalue weighted by Gasteiger charge is -2.35. The van der Waals surface area contributed by atoms with Gasteiger partial charge in [0.2, 0.25) is 10.0 Å². The van der Waals surface area contributed by atoms with Crippen LogP contribution < -0.4 is 0 Å². The zero-order chi connectivity index (χ0) is 14.0. The van der Waals surface area contributed by atoms with Gasteiger partial charge in [-0.15, -0.1) is 0 Å². The van der Waals surface area contributed by atoms with Gasteiger partial charge in [-0.1, -0.05) is 12.1 Å². The van der Waals surface area contributed by atoms with Crippen molar-refractivity contribution in [2.75, 3.05) is 13.2 Å². The molecule has 1 aliphatic heterocycles. The normalized spacial score (nSPS) is 25.4. The fourth-order valence-corrected chi connectivity index (χ4v) is 3.91. The van der Waals surface area contributed by atoms with Crippen molar-refractivity contribution in [3.63, 3.8) is 0 Å². The van der Waals surface area contributed by atoms with E-state index in [9.17, 15) is 8.42 Å². The number of rotatable bonds is 3. The van der Waals surface area contributed by atoms with Crippen molar-refractivity contribution in [1.82, 2.24) is 4.31 Å². The monoisotopic (exact) mass is 285 g/mol. The summed E-state index contributed by atoms with van der Waals surface area (Å²) in [5.41, 5.74) is 0.593. The van der Waals surface area contributed by atoms with E-state index in [1.165, 1.54) is 10.4 Å². The van der Waals surface area contributed by atoms with Crippen molar-refractivity contribution in [3.8, 4) is 0 Å². The van der Waals surface area contributed by atoms with Crippen LogP contribution in [0.4, 0.5) is 0 Å². The topological polar surface area (TPSA) is 66.8 Å². The van der Waals surface area contributed by atoms with Crippen molar-refractivity contribution in [2.45, 2.75) is 37.5 Å². The number of aliphatic hydroxyl groups is 1. The number of benzene rings is 1. The molecule has 2 rings (SSSR count). The van der Waals surface area contributed by atoms with Gasteiger partial charge < -0.3 is 9.84 Å². The van der Waals surface area contributed by atoms with Gasteiger partial charge in [0.05, 0.1) is 24.2 Å². The van der Waals surface area contributed by atoms with Crippen LogP contribution in [-0.4, -0.2) is 43.1 Å². The van der Waals surface area contributed by atoms with Gasteiger partial charge in [-0.3, -0.25) is 0 Å². The van der Waals surface area contributed by atoms with Crippen LogP contribution in [0.15, 0.2) is 29.2 Å². The summed E-state index contributed by atoms with van der Waals surface area (Å²) in [7, 11) is -3.53. The van der Waals surface area contributed by atoms with E-state index in [2.05, 4.69) is 0 Å². The molecule has 2 atom stereocenters. The predicted molar refractivity (Wildman–Crippen MR) is 71.1 cm³/mol. The van der Waals surface area contributed by atoms with E-state index in [-0.39, 0.29) is 23.6 Å². The van der Waals surface area contributed by atoms with Crippen LogP contribution >= 0.6 is 0 Å². The van der Waals surface area contributed by atoms with Crippen LogP contribution in [0.2, 0.25) is 0 Å². The molecular formula is C13H19NO4S. The van der Waals surface area contributed by atoms with E-state index in [4.69, 9.17) is 9.84 Å². The number of ether oxygens (including phenoxy) is 1. The van der Waals surface area contributed by atoms with E-state index in [0.717, 1.165) is 0 Å². The molecule has 1 aromatic rings. The van der Waals surface area contributed by atoms with Gasteiger partial charge in [0, 0.05) is 12.6 Å². The highest BCUT2D eigenvalue weighted by atomic mass is 32.2. The van der Waals surface area contributed by atoms with E-state index >= 15 is 0 Å². The summed E-state index contributed by atoms with van der Waals surface area (Å²) >= 11 is 0. The Kier molecular flexibility index (Phi) is 4.25. The highest BCUT2D eigenvalue weighted by molar-refractivity contribution is 7.89. The average molecular weight is 285 g/mol. The molecule has 1 saturated heterocycles. The number of hydrogen-bond donors (Lipinski definition) is 1. The summed E-state index contributed by atoms with van der Waals surface area (Å²) in [5.74, 6) is 0. The van der Waals surface area contributed by atoms with Crippen LogP contribution in [0.5, 0.6) is 0 Å². The van der Waals surface area contributed by atoms with Gasteiger partial charge >= 0.3 is 0 Å². The molecule has 0 saturated carbocycles. The van der Waals surface area contributed by atoms with Crippen LogP contribution in [0.1, 0.15) is 19.4 Å². The second-order valence-corrected chi connectivity index (χ2v) is 6.76. The molecule has 0 radical (unpaired) electrons. The maximum absolute atomic E-state index is 12.6. The molecule has 5 nitrogen and oxygen atoms in total. The van der Waals surface area contributed by atoms with E-state index in [0.29, 0.717) is 18.7 Å². The molecule has 19 heavy (non-hydrogen) atoms. The van der Waals surface area contributed by atoms with Crippen LogP contribution in [0.3, 0.4) is 0 Å². The fraction of sp³-hybridized carbons (Fsp3) is 0.538. The maximum Gasteiger partial charge on any atom is 0.243 e. The van der Waals surface area contributed by atoms with Gasteiger partial charge in [0.25, 0.3) is 0 Å². The van der Waals surface area contributed by atoms with Crippen molar-refractivity contribution in [2.24, 2.45) is 0 Å². The lowest BCUT2D eigenvalue weighted by molar-refractivity contribution is -0.0170. The van der Waals surface area contributed by atoms with Crippen molar-refractivity contribution < 1.29 is 18.3 Å². The molecule has 1 heterocycles. The number of aliphatic hydroxyl groups excluding tert-OH is 1. The first kappa shape index (κ1) is 14.5. The van der Waals surface area contributed by atoms with Crippen molar-refractivity contribution >= 4 is 10.0 Å². The Morgan fingerprint density at radius 1 is 1.42 bits per heavy atom. The number of morpholine rings is 1. The Balaban J connectivity index is 2.35. The predicted octanol–water partition coefficient (Wildman–Crippen LogP) is 0.977. The Morgan fingerprint density at radius 2 is 2.16 bits per heavy atom. The molecule has 0 aliphatic carbocycles. The molecule has 0 bridgehead atoms. The molecule has 6 heteroatoms. The van der Waals surface area contributed by atoms with Crippen molar-refractivity contribution in [1.29, 1.82) is 0 Å². The Morgan fingerprint density at radius 3 is 2.84 bits per heavy atom. The minimum Gasteiger partial charge on any atom is -0.392 e. The largest absolute Gasteiger partial charge is 0.392 e. The third-order valence-corrected chi connectivity index (χ3v) is 5.21. The lowest BCUT2D eigenvalue weighted by atomic mass is 10.2. The fourth-order valence-electron chi connectivity index (χ4n) is 2.15. The molecule has 2 unspecified atom stereocenters. The average Bonchev–Trinajstić information content (AvgIpc) is 2.41. The van der Waals surface area contributed by atoms with Gasteiger partial charge in [-0.25, -0.2) is 8.42 Å². The van der Waals surface area contributed by atoms with Crippen LogP contribution in [0.25, 0.3) is 0 Å². The summed E-state index contributed by atoms with van der Waals surface area (Å²) in [5, 5.41) is 9.10. The zero-order valence-corrected chi connectivity index (χ0v) is 11.9. The number of nitrogens with zero attached hydrogens (tertiary/aromatic N) is 1. The molecule has 1 fully saturated rings. The second-order valence-electron chi connectivity index (χ2n) is 4.87. The third kappa shape index (κ3) is 2.97. The molecule has 0 spiro atoms. The highest BCUT2D eigenvalue weighted by Gasteiger charge is 2.34. The lowest BCUT2D eigenvalue weighted by Crippen LogP contribution is -2.50. The minimum absolute atomic E-state index is 0.105. The molecule has 0 amide bonds. The summed E-state index contributed by atoms with van der Waals surface area (Å²) in [4.78, 5) is 0.222. The van der Waals surface area contributed by atoms with Crippen LogP contribution in [-0.2, 0) is 21.4 Å².